The van der Waals surface area contributed by atoms with Gasteiger partial charge in [-0.2, -0.15) is 10.4 Å². The molecule has 1 saturated heterocycles. The van der Waals surface area contributed by atoms with E-state index < -0.39 is 0 Å². The fourth-order valence-corrected chi connectivity index (χ4v) is 3.35. The predicted molar refractivity (Wildman–Crippen MR) is 95.7 cm³/mol. The molecule has 0 unspecified atom stereocenters. The van der Waals surface area contributed by atoms with Crippen molar-refractivity contribution < 1.29 is 9.15 Å². The fourth-order valence-electron chi connectivity index (χ4n) is 3.35. The van der Waals surface area contributed by atoms with Gasteiger partial charge in [-0.15, -0.1) is 0 Å². The molecule has 3 aromatic rings. The maximum atomic E-state index is 9.63. The zero-order valence-corrected chi connectivity index (χ0v) is 14.6. The van der Waals surface area contributed by atoms with Gasteiger partial charge < -0.3 is 9.15 Å². The van der Waals surface area contributed by atoms with Crippen LogP contribution in [-0.2, 0) is 11.3 Å². The van der Waals surface area contributed by atoms with Gasteiger partial charge in [-0.3, -0.25) is 4.90 Å². The number of hydrogen-bond acceptors (Lipinski definition) is 5. The largest absolute Gasteiger partial charge is 0.467 e. The number of nitriles is 1. The van der Waals surface area contributed by atoms with E-state index in [2.05, 4.69) is 16.1 Å². The predicted octanol–water partition coefficient (Wildman–Crippen LogP) is 3.22. The first-order valence-corrected chi connectivity index (χ1v) is 8.67. The second-order valence-corrected chi connectivity index (χ2v) is 6.38. The van der Waals surface area contributed by atoms with Crippen LogP contribution >= 0.6 is 0 Å². The van der Waals surface area contributed by atoms with Gasteiger partial charge >= 0.3 is 0 Å². The lowest BCUT2D eigenvalue weighted by molar-refractivity contribution is -0.0433. The van der Waals surface area contributed by atoms with Crippen molar-refractivity contribution in [3.63, 3.8) is 0 Å². The van der Waals surface area contributed by atoms with Crippen LogP contribution in [-0.4, -0.2) is 34.4 Å². The summed E-state index contributed by atoms with van der Waals surface area (Å²) in [4.78, 5) is 2.29. The van der Waals surface area contributed by atoms with Crippen molar-refractivity contribution in [2.75, 3.05) is 19.7 Å². The summed E-state index contributed by atoms with van der Waals surface area (Å²) in [7, 11) is 0. The van der Waals surface area contributed by atoms with E-state index in [-0.39, 0.29) is 6.10 Å². The number of benzene rings is 1. The summed E-state index contributed by atoms with van der Waals surface area (Å²) < 4.78 is 13.2. The molecule has 3 heterocycles. The van der Waals surface area contributed by atoms with Crippen molar-refractivity contribution in [3.8, 4) is 11.8 Å². The molecule has 4 rings (SSSR count). The molecule has 6 nitrogen and oxygen atoms in total. The van der Waals surface area contributed by atoms with Crippen molar-refractivity contribution in [1.82, 2.24) is 14.7 Å². The van der Waals surface area contributed by atoms with Gasteiger partial charge in [0.05, 0.1) is 35.5 Å². The van der Waals surface area contributed by atoms with Crippen LogP contribution in [0.15, 0.2) is 53.1 Å². The van der Waals surface area contributed by atoms with Crippen LogP contribution in [0, 0.1) is 18.3 Å². The monoisotopic (exact) mass is 348 g/mol. The third-order valence-electron chi connectivity index (χ3n) is 4.65. The molecule has 0 radical (unpaired) electrons. The average molecular weight is 348 g/mol. The van der Waals surface area contributed by atoms with E-state index in [0.29, 0.717) is 18.7 Å². The summed E-state index contributed by atoms with van der Waals surface area (Å²) >= 11 is 0. The molecule has 0 bridgehead atoms. The Hall–Kier alpha value is -2.88. The molecule has 1 aliphatic heterocycles. The fraction of sp³-hybridized carbons (Fsp3) is 0.300. The summed E-state index contributed by atoms with van der Waals surface area (Å²) in [6, 6.07) is 16.1. The normalized spacial score (nSPS) is 17.9. The third-order valence-corrected chi connectivity index (χ3v) is 4.65. The third kappa shape index (κ3) is 3.15. The van der Waals surface area contributed by atoms with Crippen molar-refractivity contribution in [2.45, 2.75) is 19.6 Å². The molecular formula is C20H20N4O2. The Kier molecular flexibility index (Phi) is 4.57. The van der Waals surface area contributed by atoms with Gasteiger partial charge in [-0.25, -0.2) is 4.68 Å². The Morgan fingerprint density at radius 3 is 2.81 bits per heavy atom. The molecule has 0 spiro atoms. The van der Waals surface area contributed by atoms with Gasteiger partial charge in [0.25, 0.3) is 0 Å². The first-order valence-electron chi connectivity index (χ1n) is 8.67. The molecular weight excluding hydrogens is 328 g/mol. The maximum absolute atomic E-state index is 9.63. The highest BCUT2D eigenvalue weighted by atomic mass is 16.5. The number of para-hydroxylation sites is 1. The number of aromatic nitrogens is 2. The number of aryl methyl sites for hydroxylation is 1. The molecule has 6 heteroatoms. The molecule has 1 fully saturated rings. The zero-order valence-electron chi connectivity index (χ0n) is 14.6. The van der Waals surface area contributed by atoms with Gasteiger partial charge in [0.2, 0.25) is 0 Å². The van der Waals surface area contributed by atoms with Crippen molar-refractivity contribution in [3.05, 3.63) is 71.4 Å². The maximum Gasteiger partial charge on any atom is 0.133 e. The molecule has 132 valence electrons. The van der Waals surface area contributed by atoms with Crippen molar-refractivity contribution in [2.24, 2.45) is 0 Å². The molecule has 1 atom stereocenters. The smallest absolute Gasteiger partial charge is 0.133 e. The van der Waals surface area contributed by atoms with Crippen LogP contribution in [0.5, 0.6) is 0 Å². The van der Waals surface area contributed by atoms with Crippen LogP contribution in [0.25, 0.3) is 5.69 Å². The second kappa shape index (κ2) is 7.16. The lowest BCUT2D eigenvalue weighted by atomic mass is 10.1. The van der Waals surface area contributed by atoms with E-state index >= 15 is 0 Å². The lowest BCUT2D eigenvalue weighted by Crippen LogP contribution is -2.38. The van der Waals surface area contributed by atoms with E-state index in [0.717, 1.165) is 35.9 Å². The van der Waals surface area contributed by atoms with Crippen LogP contribution in [0.2, 0.25) is 0 Å². The summed E-state index contributed by atoms with van der Waals surface area (Å²) in [5.41, 5.74) is 3.27. The number of furan rings is 1. The Bertz CT molecular complexity index is 909. The number of morpholine rings is 1. The SMILES string of the molecule is Cc1nn(-c2ccccc2)c(CN2CCO[C@H](c3ccco3)C2)c1C#N. The molecule has 2 aromatic heterocycles. The number of nitrogens with zero attached hydrogens (tertiary/aromatic N) is 4. The summed E-state index contributed by atoms with van der Waals surface area (Å²) in [5.74, 6) is 0.836. The highest BCUT2D eigenvalue weighted by Gasteiger charge is 2.26. The summed E-state index contributed by atoms with van der Waals surface area (Å²) in [5, 5.41) is 14.2. The lowest BCUT2D eigenvalue weighted by Gasteiger charge is -2.32. The topological polar surface area (TPSA) is 67.2 Å². The highest BCUT2D eigenvalue weighted by Crippen LogP contribution is 2.25. The van der Waals surface area contributed by atoms with Gasteiger partial charge in [-0.1, -0.05) is 18.2 Å². The minimum atomic E-state index is -0.0847. The quantitative estimate of drug-likeness (QED) is 0.724. The Labute approximate surface area is 152 Å². The molecule has 0 amide bonds. The molecule has 0 aliphatic carbocycles. The number of ether oxygens (including phenoxy) is 1. The van der Waals surface area contributed by atoms with Crippen LogP contribution in [0.3, 0.4) is 0 Å². The highest BCUT2D eigenvalue weighted by molar-refractivity contribution is 5.43. The first kappa shape index (κ1) is 16.6. The summed E-state index contributed by atoms with van der Waals surface area (Å²) in [6.07, 6.45) is 1.58. The zero-order chi connectivity index (χ0) is 17.9. The molecule has 1 aliphatic rings. The number of rotatable bonds is 4. The van der Waals surface area contributed by atoms with Crippen LogP contribution in [0.4, 0.5) is 0 Å². The van der Waals surface area contributed by atoms with Gasteiger partial charge in [0.1, 0.15) is 17.9 Å². The van der Waals surface area contributed by atoms with Crippen LogP contribution < -0.4 is 0 Å². The Morgan fingerprint density at radius 2 is 2.08 bits per heavy atom. The van der Waals surface area contributed by atoms with E-state index in [1.165, 1.54) is 0 Å². The summed E-state index contributed by atoms with van der Waals surface area (Å²) in [6.45, 7) is 4.68. The minimum Gasteiger partial charge on any atom is -0.467 e. The second-order valence-electron chi connectivity index (χ2n) is 6.38. The molecule has 0 N–H and O–H groups in total. The number of hydrogen-bond donors (Lipinski definition) is 0. The minimum absolute atomic E-state index is 0.0847. The molecule has 1 aromatic carbocycles. The van der Waals surface area contributed by atoms with E-state index in [4.69, 9.17) is 9.15 Å². The van der Waals surface area contributed by atoms with E-state index in [1.54, 1.807) is 6.26 Å². The van der Waals surface area contributed by atoms with Gasteiger partial charge in [-0.05, 0) is 31.2 Å². The van der Waals surface area contributed by atoms with Gasteiger partial charge in [0.15, 0.2) is 0 Å². The molecule has 0 saturated carbocycles. The van der Waals surface area contributed by atoms with Crippen molar-refractivity contribution >= 4 is 0 Å². The first-order chi connectivity index (χ1) is 12.8. The van der Waals surface area contributed by atoms with E-state index in [1.807, 2.05) is 54.1 Å². The molecule has 26 heavy (non-hydrogen) atoms. The van der Waals surface area contributed by atoms with Crippen LogP contribution in [0.1, 0.15) is 28.8 Å². The van der Waals surface area contributed by atoms with E-state index in [9.17, 15) is 5.26 Å². The Morgan fingerprint density at radius 1 is 1.23 bits per heavy atom. The Balaban J connectivity index is 1.62. The average Bonchev–Trinajstić information content (AvgIpc) is 3.31. The van der Waals surface area contributed by atoms with Crippen molar-refractivity contribution in [1.29, 1.82) is 5.26 Å². The standard InChI is InChI=1S/C20H20N4O2/c1-15-17(12-21)18(24(22-15)16-6-3-2-4-7-16)13-23-9-11-26-20(14-23)19-8-5-10-25-19/h2-8,10,20H,9,11,13-14H2,1H3/t20-/m0/s1. The van der Waals surface area contributed by atoms with Gasteiger partial charge in [0, 0.05) is 19.6 Å².